The Morgan fingerprint density at radius 1 is 0.615 bits per heavy atom. The van der Waals surface area contributed by atoms with Gasteiger partial charge in [0.05, 0.1) is 22.8 Å². The van der Waals surface area contributed by atoms with Crippen molar-refractivity contribution in [3.8, 4) is 22.8 Å². The molecule has 0 spiro atoms. The number of aromatic nitrogens is 3. The molecule has 3 nitrogen and oxygen atoms in total. The van der Waals surface area contributed by atoms with Crippen molar-refractivity contribution in [1.82, 2.24) is 13.7 Å². The van der Waals surface area contributed by atoms with Crippen molar-refractivity contribution >= 4 is 0 Å². The summed E-state index contributed by atoms with van der Waals surface area (Å²) in [5, 5.41) is 0. The minimum Gasteiger partial charge on any atom is -0.346 e. The monoisotopic (exact) mass is 347 g/mol. The third kappa shape index (κ3) is 1.74. The molecule has 5 rings (SSSR count). The maximum atomic E-state index is 2.48. The third-order valence-electron chi connectivity index (χ3n) is 6.67. The minimum absolute atomic E-state index is 0.564. The summed E-state index contributed by atoms with van der Waals surface area (Å²) in [6, 6.07) is 4.87. The van der Waals surface area contributed by atoms with Gasteiger partial charge in [-0.15, -0.1) is 0 Å². The molecule has 0 radical (unpaired) electrons. The summed E-state index contributed by atoms with van der Waals surface area (Å²) in [4.78, 5) is 0. The molecule has 26 heavy (non-hydrogen) atoms. The van der Waals surface area contributed by atoms with E-state index < -0.39 is 0 Å². The van der Waals surface area contributed by atoms with Gasteiger partial charge in [0.25, 0.3) is 0 Å². The maximum absolute atomic E-state index is 2.48. The zero-order valence-corrected chi connectivity index (χ0v) is 17.1. The lowest BCUT2D eigenvalue weighted by atomic mass is 10.0. The molecule has 0 aliphatic heterocycles. The molecular weight excluding hydrogens is 318 g/mol. The van der Waals surface area contributed by atoms with E-state index in [1.165, 1.54) is 45.3 Å². The number of nitrogens with zero attached hydrogens (tertiary/aromatic N) is 3. The molecule has 3 heterocycles. The maximum Gasteiger partial charge on any atom is 0.0692 e. The van der Waals surface area contributed by atoms with Gasteiger partial charge in [0.15, 0.2) is 0 Å². The average Bonchev–Trinajstić information content (AvgIpc) is 3.29. The Kier molecular flexibility index (Phi) is 3.06. The highest BCUT2D eigenvalue weighted by Gasteiger charge is 2.37. The molecule has 0 aromatic carbocycles. The van der Waals surface area contributed by atoms with Gasteiger partial charge in [-0.05, 0) is 46.2 Å². The molecule has 2 aliphatic carbocycles. The van der Waals surface area contributed by atoms with E-state index in [4.69, 9.17) is 0 Å². The first kappa shape index (κ1) is 16.0. The van der Waals surface area contributed by atoms with Crippen molar-refractivity contribution in [2.24, 2.45) is 21.1 Å². The second kappa shape index (κ2) is 4.97. The summed E-state index contributed by atoms with van der Waals surface area (Å²) in [7, 11) is 6.75. The summed E-state index contributed by atoms with van der Waals surface area (Å²) in [6.07, 6.45) is 2.19. The largest absolute Gasteiger partial charge is 0.346 e. The molecule has 0 atom stereocenters. The van der Waals surface area contributed by atoms with Crippen LogP contribution in [0.2, 0.25) is 0 Å². The standard InChI is InChI=1S/C23H29N3/c1-12(2)18-10-14-8-16-17-9-15-11-19(13(3)4)25(6)21(15)23(17)26(7)22(16)20(14)24(18)5/h10-13H,8-9H2,1-7H3. The smallest absolute Gasteiger partial charge is 0.0692 e. The zero-order chi connectivity index (χ0) is 18.5. The lowest BCUT2D eigenvalue weighted by Crippen LogP contribution is -2.04. The molecule has 0 unspecified atom stereocenters. The molecule has 136 valence electrons. The van der Waals surface area contributed by atoms with Gasteiger partial charge in [-0.1, -0.05) is 27.7 Å². The van der Waals surface area contributed by atoms with Crippen LogP contribution in [0.5, 0.6) is 0 Å². The predicted octanol–water partition coefficient (Wildman–Crippen LogP) is 5.09. The molecule has 3 aromatic rings. The van der Waals surface area contributed by atoms with E-state index in [1.807, 2.05) is 0 Å². The predicted molar refractivity (Wildman–Crippen MR) is 108 cm³/mol. The summed E-state index contributed by atoms with van der Waals surface area (Å²) in [5.74, 6) is 1.13. The molecule has 3 heteroatoms. The first-order valence-corrected chi connectivity index (χ1v) is 9.89. The highest BCUT2D eigenvalue weighted by Crippen LogP contribution is 2.50. The second-order valence-electron chi connectivity index (χ2n) is 8.88. The van der Waals surface area contributed by atoms with Gasteiger partial charge in [-0.3, -0.25) is 0 Å². The van der Waals surface area contributed by atoms with Gasteiger partial charge in [0.2, 0.25) is 0 Å². The van der Waals surface area contributed by atoms with Crippen molar-refractivity contribution < 1.29 is 0 Å². The molecule has 2 aliphatic rings. The van der Waals surface area contributed by atoms with Crippen molar-refractivity contribution in [3.63, 3.8) is 0 Å². The number of rotatable bonds is 2. The van der Waals surface area contributed by atoms with Gasteiger partial charge < -0.3 is 13.7 Å². The second-order valence-corrected chi connectivity index (χ2v) is 8.88. The summed E-state index contributed by atoms with van der Waals surface area (Å²) >= 11 is 0. The van der Waals surface area contributed by atoms with E-state index in [0.717, 1.165) is 12.8 Å². The number of fused-ring (bicyclic) bond motifs is 7. The fourth-order valence-electron chi connectivity index (χ4n) is 5.54. The van der Waals surface area contributed by atoms with Crippen molar-refractivity contribution in [1.29, 1.82) is 0 Å². The SMILES string of the molecule is CC(C)c1cc2c(n1C)-c1c(c3c(n1C)-c1c(cc(C(C)C)n1C)C3)C2. The Balaban J connectivity index is 1.74. The average molecular weight is 348 g/mol. The normalized spacial score (nSPS) is 14.3. The fourth-order valence-corrected chi connectivity index (χ4v) is 5.54. The van der Waals surface area contributed by atoms with Gasteiger partial charge >= 0.3 is 0 Å². The van der Waals surface area contributed by atoms with E-state index in [-0.39, 0.29) is 0 Å². The van der Waals surface area contributed by atoms with E-state index in [1.54, 1.807) is 11.1 Å². The van der Waals surface area contributed by atoms with Crippen LogP contribution in [-0.2, 0) is 34.0 Å². The van der Waals surface area contributed by atoms with Gasteiger partial charge in [-0.25, -0.2) is 0 Å². The Morgan fingerprint density at radius 2 is 1.00 bits per heavy atom. The van der Waals surface area contributed by atoms with Crippen LogP contribution in [0.25, 0.3) is 22.8 Å². The van der Waals surface area contributed by atoms with E-state index in [0.29, 0.717) is 11.8 Å². The van der Waals surface area contributed by atoms with E-state index in [9.17, 15) is 0 Å². The summed E-state index contributed by atoms with van der Waals surface area (Å²) in [6.45, 7) is 9.17. The van der Waals surface area contributed by atoms with Crippen LogP contribution in [0.15, 0.2) is 12.1 Å². The Hall–Kier alpha value is -2.16. The van der Waals surface area contributed by atoms with Crippen molar-refractivity contribution in [3.05, 3.63) is 45.8 Å². The van der Waals surface area contributed by atoms with Crippen LogP contribution in [0.3, 0.4) is 0 Å². The fraction of sp³-hybridized carbons (Fsp3) is 0.478. The summed E-state index contributed by atoms with van der Waals surface area (Å²) in [5.41, 5.74) is 14.9. The van der Waals surface area contributed by atoms with Crippen LogP contribution in [0.1, 0.15) is 73.2 Å². The highest BCUT2D eigenvalue weighted by atomic mass is 15.1. The van der Waals surface area contributed by atoms with Gasteiger partial charge in [0, 0.05) is 45.4 Å². The Labute approximate surface area is 156 Å². The van der Waals surface area contributed by atoms with Crippen LogP contribution < -0.4 is 0 Å². The molecule has 0 saturated carbocycles. The molecule has 0 amide bonds. The third-order valence-corrected chi connectivity index (χ3v) is 6.67. The van der Waals surface area contributed by atoms with Crippen LogP contribution in [-0.4, -0.2) is 13.7 Å². The molecule has 0 bridgehead atoms. The van der Waals surface area contributed by atoms with Crippen molar-refractivity contribution in [2.75, 3.05) is 0 Å². The molecule has 3 aromatic heterocycles. The number of hydrogen-bond acceptors (Lipinski definition) is 0. The highest BCUT2D eigenvalue weighted by molar-refractivity contribution is 5.85. The quantitative estimate of drug-likeness (QED) is 0.422. The van der Waals surface area contributed by atoms with Gasteiger partial charge in [0.1, 0.15) is 0 Å². The van der Waals surface area contributed by atoms with Crippen molar-refractivity contribution in [2.45, 2.75) is 52.4 Å². The first-order chi connectivity index (χ1) is 12.3. The first-order valence-electron chi connectivity index (χ1n) is 9.89. The van der Waals surface area contributed by atoms with Crippen LogP contribution in [0, 0.1) is 0 Å². The molecule has 0 fully saturated rings. The van der Waals surface area contributed by atoms with Crippen LogP contribution in [0.4, 0.5) is 0 Å². The van der Waals surface area contributed by atoms with E-state index in [2.05, 4.69) is 74.7 Å². The molecular formula is C23H29N3. The Bertz CT molecular complexity index is 983. The number of hydrogen-bond donors (Lipinski definition) is 0. The topological polar surface area (TPSA) is 14.8 Å². The lowest BCUT2D eigenvalue weighted by Gasteiger charge is -2.13. The van der Waals surface area contributed by atoms with Gasteiger partial charge in [-0.2, -0.15) is 0 Å². The lowest BCUT2D eigenvalue weighted by molar-refractivity contribution is 0.737. The van der Waals surface area contributed by atoms with Crippen LogP contribution >= 0.6 is 0 Å². The summed E-state index contributed by atoms with van der Waals surface area (Å²) < 4.78 is 7.36. The zero-order valence-electron chi connectivity index (χ0n) is 17.1. The minimum atomic E-state index is 0.564. The molecule has 0 saturated heterocycles. The Morgan fingerprint density at radius 3 is 1.35 bits per heavy atom. The van der Waals surface area contributed by atoms with E-state index >= 15 is 0 Å². The molecule has 0 N–H and O–H groups in total.